The normalized spacial score (nSPS) is 26.2. The van der Waals surface area contributed by atoms with Crippen LogP contribution in [0.2, 0.25) is 0 Å². The highest BCUT2D eigenvalue weighted by Crippen LogP contribution is 2.31. The third kappa shape index (κ3) is 2.10. The number of nitrogens with zero attached hydrogens (tertiary/aromatic N) is 1. The standard InChI is InChI=1S/C12H16NO3/c1-2-9-5-3-4-6-11(9)12-13(15)7-10(8-14)16-12/h3-6,10,12,14H,2,7-8H2,1H3/q-1. The van der Waals surface area contributed by atoms with E-state index in [-0.39, 0.29) is 19.3 Å². The maximum atomic E-state index is 11.7. The number of hydroxylamine groups is 2. The predicted molar refractivity (Wildman–Crippen MR) is 60.6 cm³/mol. The Balaban J connectivity index is 2.23. The summed E-state index contributed by atoms with van der Waals surface area (Å²) in [7, 11) is 0. The number of aryl methyl sites for hydroxylation is 1. The van der Waals surface area contributed by atoms with Crippen molar-refractivity contribution in [1.29, 1.82) is 0 Å². The van der Waals surface area contributed by atoms with Gasteiger partial charge in [-0.2, -0.15) is 0 Å². The molecule has 2 atom stereocenters. The Morgan fingerprint density at radius 3 is 2.88 bits per heavy atom. The van der Waals surface area contributed by atoms with E-state index in [2.05, 4.69) is 0 Å². The molecule has 0 spiro atoms. The highest BCUT2D eigenvalue weighted by molar-refractivity contribution is 5.29. The van der Waals surface area contributed by atoms with Gasteiger partial charge in [-0.3, -0.25) is 0 Å². The summed E-state index contributed by atoms with van der Waals surface area (Å²) in [6.07, 6.45) is -0.0612. The molecule has 0 radical (unpaired) electrons. The van der Waals surface area contributed by atoms with Gasteiger partial charge in [0.2, 0.25) is 0 Å². The van der Waals surface area contributed by atoms with E-state index in [0.29, 0.717) is 0 Å². The lowest BCUT2D eigenvalue weighted by molar-refractivity contribution is -0.0101. The Morgan fingerprint density at radius 1 is 1.50 bits per heavy atom. The van der Waals surface area contributed by atoms with Gasteiger partial charge in [0.05, 0.1) is 12.7 Å². The van der Waals surface area contributed by atoms with Crippen LogP contribution in [0, 0.1) is 5.21 Å². The van der Waals surface area contributed by atoms with Gasteiger partial charge in [0.15, 0.2) is 0 Å². The lowest BCUT2D eigenvalue weighted by Gasteiger charge is -2.29. The summed E-state index contributed by atoms with van der Waals surface area (Å²) in [6.45, 7) is 2.18. The van der Waals surface area contributed by atoms with Crippen LogP contribution >= 0.6 is 0 Å². The van der Waals surface area contributed by atoms with Crippen molar-refractivity contribution in [2.75, 3.05) is 13.2 Å². The van der Waals surface area contributed by atoms with E-state index in [1.54, 1.807) is 0 Å². The number of aliphatic hydroxyl groups excluding tert-OH is 1. The highest BCUT2D eigenvalue weighted by atomic mass is 16.6. The van der Waals surface area contributed by atoms with Gasteiger partial charge in [-0.15, -0.1) is 0 Å². The SMILES string of the molecule is CCc1ccccc1C1OC(CO)CN1[O-]. The van der Waals surface area contributed by atoms with Gasteiger partial charge < -0.3 is 20.1 Å². The molecule has 0 aliphatic carbocycles. The van der Waals surface area contributed by atoms with Crippen LogP contribution in [-0.2, 0) is 11.2 Å². The van der Waals surface area contributed by atoms with Crippen LogP contribution in [0.3, 0.4) is 0 Å². The van der Waals surface area contributed by atoms with Gasteiger partial charge in [0.1, 0.15) is 6.23 Å². The summed E-state index contributed by atoms with van der Waals surface area (Å²) in [5, 5.41) is 21.6. The second kappa shape index (κ2) is 4.93. The van der Waals surface area contributed by atoms with Gasteiger partial charge in [0, 0.05) is 6.54 Å². The van der Waals surface area contributed by atoms with Crippen LogP contribution in [0.4, 0.5) is 0 Å². The van der Waals surface area contributed by atoms with Crippen LogP contribution in [0.15, 0.2) is 24.3 Å². The smallest absolute Gasteiger partial charge is 0.126 e. The number of benzene rings is 1. The molecule has 1 aromatic rings. The van der Waals surface area contributed by atoms with Crippen LogP contribution in [0.25, 0.3) is 0 Å². The molecule has 0 aromatic heterocycles. The molecule has 16 heavy (non-hydrogen) atoms. The Morgan fingerprint density at radius 2 is 2.25 bits per heavy atom. The largest absolute Gasteiger partial charge is 0.783 e. The first kappa shape index (κ1) is 11.5. The first-order chi connectivity index (χ1) is 7.76. The van der Waals surface area contributed by atoms with Crippen molar-refractivity contribution < 1.29 is 9.84 Å². The molecular formula is C12H16NO3-. The molecule has 1 aliphatic heterocycles. The fraction of sp³-hybridized carbons (Fsp3) is 0.500. The van der Waals surface area contributed by atoms with E-state index >= 15 is 0 Å². The van der Waals surface area contributed by atoms with Crippen molar-refractivity contribution >= 4 is 0 Å². The van der Waals surface area contributed by atoms with E-state index < -0.39 is 6.23 Å². The molecule has 2 unspecified atom stereocenters. The van der Waals surface area contributed by atoms with Crippen LogP contribution in [0.1, 0.15) is 24.3 Å². The third-order valence-electron chi connectivity index (χ3n) is 2.87. The van der Waals surface area contributed by atoms with E-state index in [0.717, 1.165) is 22.6 Å². The Hall–Kier alpha value is -0.940. The summed E-state index contributed by atoms with van der Waals surface area (Å²) < 4.78 is 5.51. The van der Waals surface area contributed by atoms with Gasteiger partial charge in [-0.25, -0.2) is 0 Å². The van der Waals surface area contributed by atoms with Crippen molar-refractivity contribution in [1.82, 2.24) is 5.06 Å². The van der Waals surface area contributed by atoms with Gasteiger partial charge in [-0.1, -0.05) is 31.2 Å². The zero-order chi connectivity index (χ0) is 11.5. The van der Waals surface area contributed by atoms with E-state index in [4.69, 9.17) is 9.84 Å². The molecule has 1 heterocycles. The monoisotopic (exact) mass is 222 g/mol. The van der Waals surface area contributed by atoms with E-state index in [1.807, 2.05) is 31.2 Å². The number of rotatable bonds is 3. The van der Waals surface area contributed by atoms with Crippen LogP contribution in [-0.4, -0.2) is 29.4 Å². The minimum atomic E-state index is -0.562. The quantitative estimate of drug-likeness (QED) is 0.840. The third-order valence-corrected chi connectivity index (χ3v) is 2.87. The fourth-order valence-corrected chi connectivity index (χ4v) is 2.02. The average Bonchev–Trinajstić information content (AvgIpc) is 2.70. The number of hydrogen-bond acceptors (Lipinski definition) is 4. The molecule has 1 aromatic carbocycles. The van der Waals surface area contributed by atoms with Crippen molar-refractivity contribution in [3.8, 4) is 0 Å². The van der Waals surface area contributed by atoms with E-state index in [1.165, 1.54) is 0 Å². The zero-order valence-electron chi connectivity index (χ0n) is 9.30. The van der Waals surface area contributed by atoms with Crippen molar-refractivity contribution in [2.45, 2.75) is 25.7 Å². The van der Waals surface area contributed by atoms with Crippen molar-refractivity contribution in [3.05, 3.63) is 40.6 Å². The van der Waals surface area contributed by atoms with Gasteiger partial charge in [-0.05, 0) is 17.5 Å². The minimum absolute atomic E-state index is 0.108. The molecular weight excluding hydrogens is 206 g/mol. The van der Waals surface area contributed by atoms with Crippen molar-refractivity contribution in [2.24, 2.45) is 0 Å². The number of ether oxygens (including phenoxy) is 1. The molecule has 4 heteroatoms. The second-order valence-electron chi connectivity index (χ2n) is 3.95. The lowest BCUT2D eigenvalue weighted by atomic mass is 10.0. The summed E-state index contributed by atoms with van der Waals surface area (Å²) in [5.41, 5.74) is 2.03. The fourth-order valence-electron chi connectivity index (χ4n) is 2.02. The molecule has 2 rings (SSSR count). The molecule has 0 bridgehead atoms. The average molecular weight is 222 g/mol. The molecule has 1 saturated heterocycles. The Bertz CT molecular complexity index is 356. The minimum Gasteiger partial charge on any atom is -0.783 e. The topological polar surface area (TPSA) is 55.8 Å². The molecule has 1 fully saturated rings. The summed E-state index contributed by atoms with van der Waals surface area (Å²) in [4.78, 5) is 0. The first-order valence-electron chi connectivity index (χ1n) is 5.54. The Kier molecular flexibility index (Phi) is 3.56. The summed E-state index contributed by atoms with van der Waals surface area (Å²) in [5.74, 6) is 0. The Labute approximate surface area is 95.0 Å². The predicted octanol–water partition coefficient (Wildman–Crippen LogP) is 1.44. The molecule has 4 nitrogen and oxygen atoms in total. The van der Waals surface area contributed by atoms with Crippen molar-refractivity contribution in [3.63, 3.8) is 0 Å². The summed E-state index contributed by atoms with van der Waals surface area (Å²) in [6, 6.07) is 7.76. The zero-order valence-corrected chi connectivity index (χ0v) is 9.30. The molecule has 1 aliphatic rings. The second-order valence-corrected chi connectivity index (χ2v) is 3.95. The first-order valence-corrected chi connectivity index (χ1v) is 5.54. The maximum Gasteiger partial charge on any atom is 0.126 e. The number of hydrogen-bond donors (Lipinski definition) is 1. The van der Waals surface area contributed by atoms with Crippen LogP contribution < -0.4 is 0 Å². The summed E-state index contributed by atoms with van der Waals surface area (Å²) >= 11 is 0. The van der Waals surface area contributed by atoms with Crippen LogP contribution in [0.5, 0.6) is 0 Å². The molecule has 0 amide bonds. The van der Waals surface area contributed by atoms with Gasteiger partial charge >= 0.3 is 0 Å². The molecule has 88 valence electrons. The maximum absolute atomic E-state index is 11.7. The van der Waals surface area contributed by atoms with Gasteiger partial charge in [0.25, 0.3) is 0 Å². The molecule has 0 saturated carbocycles. The lowest BCUT2D eigenvalue weighted by Crippen LogP contribution is -2.19. The molecule has 1 N–H and O–H groups in total. The highest BCUT2D eigenvalue weighted by Gasteiger charge is 2.28. The van der Waals surface area contributed by atoms with E-state index in [9.17, 15) is 5.21 Å². The number of aliphatic hydroxyl groups is 1.